The van der Waals surface area contributed by atoms with E-state index >= 15 is 0 Å². The Morgan fingerprint density at radius 3 is 2.77 bits per heavy atom. The first-order chi connectivity index (χ1) is 14.6. The molecule has 1 N–H and O–H groups in total. The summed E-state index contributed by atoms with van der Waals surface area (Å²) in [4.78, 5) is 27.2. The number of hydrogen-bond acceptors (Lipinski definition) is 7. The van der Waals surface area contributed by atoms with Crippen molar-refractivity contribution in [1.82, 2.24) is 25.2 Å². The first-order valence-electron chi connectivity index (χ1n) is 10.1. The number of nitrogens with zero attached hydrogens (tertiary/aromatic N) is 4. The van der Waals surface area contributed by atoms with Crippen molar-refractivity contribution in [3.8, 4) is 0 Å². The molecule has 1 saturated heterocycles. The maximum Gasteiger partial charge on any atom is 0.277 e. The first-order valence-corrected chi connectivity index (χ1v) is 10.1. The second kappa shape index (κ2) is 9.19. The van der Waals surface area contributed by atoms with Crippen LogP contribution in [0.15, 0.2) is 45.6 Å². The third-order valence-corrected chi connectivity index (χ3v) is 5.25. The molecule has 1 fully saturated rings. The van der Waals surface area contributed by atoms with Crippen molar-refractivity contribution < 1.29 is 13.9 Å². The van der Waals surface area contributed by atoms with E-state index in [0.29, 0.717) is 30.7 Å². The quantitative estimate of drug-likeness (QED) is 0.625. The Morgan fingerprint density at radius 2 is 2.00 bits per heavy atom. The summed E-state index contributed by atoms with van der Waals surface area (Å²) in [6, 6.07) is 10.9. The zero-order chi connectivity index (χ0) is 20.9. The van der Waals surface area contributed by atoms with Gasteiger partial charge in [0.2, 0.25) is 5.91 Å². The lowest BCUT2D eigenvalue weighted by Gasteiger charge is -2.33. The molecule has 9 heteroatoms. The molecule has 3 aromatic rings. The fourth-order valence-corrected chi connectivity index (χ4v) is 3.61. The number of rotatable bonds is 7. The van der Waals surface area contributed by atoms with Crippen LogP contribution in [0.4, 0.5) is 0 Å². The minimum atomic E-state index is -0.245. The van der Waals surface area contributed by atoms with E-state index in [1.165, 1.54) is 4.68 Å². The highest BCUT2D eigenvalue weighted by molar-refractivity contribution is 5.77. The summed E-state index contributed by atoms with van der Waals surface area (Å²) in [5.41, 5.74) is 0.302. The molecule has 1 unspecified atom stereocenters. The number of furan rings is 1. The fourth-order valence-electron chi connectivity index (χ4n) is 3.61. The molecular formula is C21H25N5O4. The van der Waals surface area contributed by atoms with Crippen molar-refractivity contribution in [1.29, 1.82) is 0 Å². The average Bonchev–Trinajstić information content (AvgIpc) is 3.20. The van der Waals surface area contributed by atoms with Crippen molar-refractivity contribution in [2.75, 3.05) is 32.8 Å². The summed E-state index contributed by atoms with van der Waals surface area (Å²) in [6.07, 6.45) is 0.139. The van der Waals surface area contributed by atoms with Gasteiger partial charge in [-0.25, -0.2) is 4.68 Å². The molecular weight excluding hydrogens is 386 g/mol. The van der Waals surface area contributed by atoms with E-state index in [0.717, 1.165) is 24.6 Å². The summed E-state index contributed by atoms with van der Waals surface area (Å²) in [6.45, 7) is 5.38. The molecule has 1 aliphatic heterocycles. The van der Waals surface area contributed by atoms with Crippen LogP contribution in [0.5, 0.6) is 0 Å². The number of carbonyl (C=O) groups is 1. The molecule has 30 heavy (non-hydrogen) atoms. The molecule has 0 spiro atoms. The van der Waals surface area contributed by atoms with E-state index < -0.39 is 0 Å². The minimum Gasteiger partial charge on any atom is -0.465 e. The van der Waals surface area contributed by atoms with Gasteiger partial charge >= 0.3 is 0 Å². The molecule has 4 rings (SSSR count). The van der Waals surface area contributed by atoms with E-state index in [1.54, 1.807) is 24.3 Å². The zero-order valence-electron chi connectivity index (χ0n) is 16.9. The Hall–Kier alpha value is -3.04. The SMILES string of the molecule is Cc1ccc(C(CNC(=O)CCn2nnc3ccccc3c2=O)N2CCOCC2)o1. The lowest BCUT2D eigenvalue weighted by atomic mass is 10.1. The van der Waals surface area contributed by atoms with Crippen LogP contribution >= 0.6 is 0 Å². The highest BCUT2D eigenvalue weighted by Gasteiger charge is 2.25. The van der Waals surface area contributed by atoms with Crippen molar-refractivity contribution in [3.05, 3.63) is 58.3 Å². The van der Waals surface area contributed by atoms with Gasteiger partial charge in [0.1, 0.15) is 17.0 Å². The Kier molecular flexibility index (Phi) is 6.20. The fraction of sp³-hybridized carbons (Fsp3) is 0.429. The molecule has 2 aromatic heterocycles. The van der Waals surface area contributed by atoms with E-state index in [-0.39, 0.29) is 30.5 Å². The van der Waals surface area contributed by atoms with Crippen LogP contribution in [-0.4, -0.2) is 58.6 Å². The van der Waals surface area contributed by atoms with Crippen LogP contribution in [0, 0.1) is 6.92 Å². The molecule has 1 atom stereocenters. The lowest BCUT2D eigenvalue weighted by Crippen LogP contribution is -2.43. The van der Waals surface area contributed by atoms with Gasteiger partial charge in [-0.3, -0.25) is 14.5 Å². The van der Waals surface area contributed by atoms with Crippen molar-refractivity contribution >= 4 is 16.8 Å². The molecule has 1 aromatic carbocycles. The second-order valence-corrected chi connectivity index (χ2v) is 7.30. The number of fused-ring (bicyclic) bond motifs is 1. The predicted molar refractivity (Wildman–Crippen MR) is 110 cm³/mol. The minimum absolute atomic E-state index is 0.0604. The van der Waals surface area contributed by atoms with Crippen molar-refractivity contribution in [3.63, 3.8) is 0 Å². The van der Waals surface area contributed by atoms with Crippen molar-refractivity contribution in [2.45, 2.75) is 25.9 Å². The van der Waals surface area contributed by atoms with Crippen molar-refractivity contribution in [2.24, 2.45) is 0 Å². The lowest BCUT2D eigenvalue weighted by molar-refractivity contribution is -0.121. The zero-order valence-corrected chi connectivity index (χ0v) is 16.9. The summed E-state index contributed by atoms with van der Waals surface area (Å²) in [7, 11) is 0. The molecule has 0 saturated carbocycles. The number of carbonyl (C=O) groups excluding carboxylic acids is 1. The number of hydrogen-bond donors (Lipinski definition) is 1. The monoisotopic (exact) mass is 411 g/mol. The maximum atomic E-state index is 12.5. The van der Waals surface area contributed by atoms with Gasteiger partial charge in [0.25, 0.3) is 5.56 Å². The van der Waals surface area contributed by atoms with Gasteiger partial charge in [-0.15, -0.1) is 5.10 Å². The van der Waals surface area contributed by atoms with Gasteiger partial charge in [-0.2, -0.15) is 0 Å². The number of benzene rings is 1. The van der Waals surface area contributed by atoms with Gasteiger partial charge in [0, 0.05) is 26.1 Å². The molecule has 0 bridgehead atoms. The molecule has 1 aliphatic rings. The normalized spacial score (nSPS) is 15.9. The number of aromatic nitrogens is 3. The van der Waals surface area contributed by atoms with Crippen LogP contribution in [0.25, 0.3) is 10.9 Å². The highest BCUT2D eigenvalue weighted by Crippen LogP contribution is 2.23. The Labute approximate surface area is 173 Å². The Morgan fingerprint density at radius 1 is 1.20 bits per heavy atom. The summed E-state index contributed by atoms with van der Waals surface area (Å²) >= 11 is 0. The number of nitrogens with one attached hydrogen (secondary N) is 1. The molecule has 158 valence electrons. The molecule has 0 radical (unpaired) electrons. The Bertz CT molecular complexity index is 1070. The number of ether oxygens (including phenoxy) is 1. The van der Waals surface area contributed by atoms with Gasteiger partial charge in [-0.1, -0.05) is 17.3 Å². The van der Waals surface area contributed by atoms with Gasteiger partial charge in [0.05, 0.1) is 31.2 Å². The Balaban J connectivity index is 1.38. The highest BCUT2D eigenvalue weighted by atomic mass is 16.5. The van der Waals surface area contributed by atoms with Crippen LogP contribution in [0.1, 0.15) is 24.0 Å². The van der Waals surface area contributed by atoms with E-state index in [1.807, 2.05) is 19.1 Å². The summed E-state index contributed by atoms with van der Waals surface area (Å²) in [5, 5.41) is 11.4. The standard InChI is InChI=1S/C21H25N5O4/c1-15-6-7-19(30-15)18(25-10-12-29-13-11-25)14-22-20(27)8-9-26-21(28)16-4-2-3-5-17(16)23-24-26/h2-7,18H,8-14H2,1H3,(H,22,27). The third kappa shape index (κ3) is 4.58. The van der Waals surface area contributed by atoms with E-state index in [2.05, 4.69) is 20.5 Å². The smallest absolute Gasteiger partial charge is 0.277 e. The second-order valence-electron chi connectivity index (χ2n) is 7.30. The van der Waals surface area contributed by atoms with Crippen LogP contribution in [0.3, 0.4) is 0 Å². The van der Waals surface area contributed by atoms with Crippen LogP contribution in [-0.2, 0) is 16.1 Å². The van der Waals surface area contributed by atoms with Gasteiger partial charge in [0.15, 0.2) is 0 Å². The number of morpholine rings is 1. The van der Waals surface area contributed by atoms with Crippen LogP contribution in [0.2, 0.25) is 0 Å². The molecule has 9 nitrogen and oxygen atoms in total. The summed E-state index contributed by atoms with van der Waals surface area (Å²) < 4.78 is 12.5. The number of aryl methyl sites for hydroxylation is 2. The number of amides is 1. The van der Waals surface area contributed by atoms with Gasteiger partial charge < -0.3 is 14.5 Å². The molecule has 0 aliphatic carbocycles. The van der Waals surface area contributed by atoms with E-state index in [9.17, 15) is 9.59 Å². The first kappa shape index (κ1) is 20.2. The summed E-state index contributed by atoms with van der Waals surface area (Å²) in [5.74, 6) is 1.51. The average molecular weight is 411 g/mol. The largest absolute Gasteiger partial charge is 0.465 e. The molecule has 3 heterocycles. The third-order valence-electron chi connectivity index (χ3n) is 5.25. The topological polar surface area (TPSA) is 102 Å². The van der Waals surface area contributed by atoms with Gasteiger partial charge in [-0.05, 0) is 31.2 Å². The predicted octanol–water partition coefficient (Wildman–Crippen LogP) is 1.27. The van der Waals surface area contributed by atoms with Crippen LogP contribution < -0.4 is 10.9 Å². The molecule has 1 amide bonds. The van der Waals surface area contributed by atoms with E-state index in [4.69, 9.17) is 9.15 Å². The maximum absolute atomic E-state index is 12.5.